The molecule has 0 spiro atoms. The molecule has 0 saturated heterocycles. The molecule has 0 aliphatic carbocycles. The lowest BCUT2D eigenvalue weighted by Crippen LogP contribution is -2.43. The van der Waals surface area contributed by atoms with E-state index in [0.717, 1.165) is 12.8 Å². The van der Waals surface area contributed by atoms with E-state index in [2.05, 4.69) is 14.5 Å². The Morgan fingerprint density at radius 1 is 0.629 bits per heavy atom. The van der Waals surface area contributed by atoms with E-state index in [1.165, 1.54) is 6.92 Å². The second-order valence-electron chi connectivity index (χ2n) is 16.7. The number of carbonyl (C=O) groups excluding carboxylic acids is 3. The van der Waals surface area contributed by atoms with Gasteiger partial charge in [-0.3, -0.25) is 9.59 Å². The summed E-state index contributed by atoms with van der Waals surface area (Å²) in [5.41, 5.74) is -1.57. The van der Waals surface area contributed by atoms with Crippen LogP contribution in [-0.2, 0) is 47.1 Å². The van der Waals surface area contributed by atoms with E-state index in [1.807, 2.05) is 38.4 Å². The van der Waals surface area contributed by atoms with Gasteiger partial charge in [0, 0.05) is 63.3 Å². The molecular weight excluding hydrogens is 959 g/mol. The maximum atomic E-state index is 12.5. The van der Waals surface area contributed by atoms with Gasteiger partial charge in [-0.25, -0.2) is 24.4 Å². The van der Waals surface area contributed by atoms with Crippen molar-refractivity contribution in [2.24, 2.45) is 10.8 Å². The van der Waals surface area contributed by atoms with Crippen LogP contribution in [0, 0.1) is 41.9 Å². The molecule has 0 aromatic rings. The van der Waals surface area contributed by atoms with Crippen LogP contribution < -0.4 is 10.6 Å². The lowest BCUT2D eigenvalue weighted by atomic mass is 9.85. The topological polar surface area (TPSA) is 200 Å². The number of amides is 2. The van der Waals surface area contributed by atoms with E-state index in [-0.39, 0.29) is 110 Å². The third-order valence-electron chi connectivity index (χ3n) is 9.53. The van der Waals surface area contributed by atoms with Crippen LogP contribution in [0.1, 0.15) is 92.4 Å². The maximum absolute atomic E-state index is 12.5. The highest BCUT2D eigenvalue weighted by molar-refractivity contribution is 7.44. The van der Waals surface area contributed by atoms with Gasteiger partial charge in [-0.15, -0.1) is 0 Å². The highest BCUT2D eigenvalue weighted by Gasteiger charge is 2.40. The summed E-state index contributed by atoms with van der Waals surface area (Å²) in [4.78, 5) is 43.3. The zero-order valence-corrected chi connectivity index (χ0v) is 42.1. The predicted octanol–water partition coefficient (Wildman–Crippen LogP) is 7.14. The number of ether oxygens (including phenoxy) is 5. The van der Waals surface area contributed by atoms with Crippen LogP contribution in [-0.4, -0.2) is 170 Å². The average Bonchev–Trinajstić information content (AvgIpc) is 3.29. The first-order chi connectivity index (χ1) is 33.1. The number of halogens is 6. The minimum absolute atomic E-state index is 0.00653. The lowest BCUT2D eigenvalue weighted by molar-refractivity contribution is -0.173. The molecule has 25 heteroatoms. The maximum Gasteiger partial charge on any atom is 0.471 e. The predicted molar refractivity (Wildman–Crippen MR) is 247 cm³/mol. The standard InChI is InChI=1S/C30H51F6N4O8P.C15H23N3O3/c1-23(2)40(24(3)4)49(47-18-8-12-37)48-22-28(19-44-15-7-6-11-25(5)41,20-45-16-9-13-38-26(42)29(31,32)33)21-46-17-10-14-39-27(43)30(34,35)36;1-16-7-5-4-6-15(12-19,13-20-10-8-17-2)14-21-11-9-18-3/h23-24H,6-11,13-22H2,1-5H3,(H,38,42)(H,39,43);19H,4-14H2. The number of aliphatic hydroxyl groups is 1. The highest BCUT2D eigenvalue weighted by Crippen LogP contribution is 2.47. The Morgan fingerprint density at radius 2 is 1.07 bits per heavy atom. The molecule has 18 nitrogen and oxygen atoms in total. The molecule has 0 radical (unpaired) electrons. The lowest BCUT2D eigenvalue weighted by Gasteiger charge is -2.39. The third-order valence-corrected chi connectivity index (χ3v) is 11.6. The Morgan fingerprint density at radius 3 is 1.47 bits per heavy atom. The summed E-state index contributed by atoms with van der Waals surface area (Å²) in [5.74, 6) is -4.11. The smallest absolute Gasteiger partial charge is 0.396 e. The van der Waals surface area contributed by atoms with Gasteiger partial charge in [0.05, 0.1) is 70.8 Å². The van der Waals surface area contributed by atoms with E-state index in [4.69, 9.17) is 57.7 Å². The van der Waals surface area contributed by atoms with Crippen molar-refractivity contribution in [1.29, 1.82) is 5.26 Å². The number of alkyl halides is 6. The Hall–Kier alpha value is -3.78. The fraction of sp³-hybridized carbons (Fsp3) is 0.844. The summed E-state index contributed by atoms with van der Waals surface area (Å²) in [5, 5.41) is 22.3. The molecule has 0 aliphatic heterocycles. The SMILES string of the molecule is CC(=O)CCCCOCC(COCCCNC(=O)C(F)(F)F)(COCCCNC(=O)C(F)(F)F)COP(OCCC#N)N(C(C)C)C(C)C.[C-]#[N+]CCCCC(CO)(COCC[N+]#[C-])COCC[N+]#[C-]. The quantitative estimate of drug-likeness (QED) is 0.0242. The number of ketones is 1. The van der Waals surface area contributed by atoms with E-state index >= 15 is 0 Å². The first-order valence-corrected chi connectivity index (χ1v) is 24.1. The Kier molecular flexibility index (Phi) is 39.8. The fourth-order valence-electron chi connectivity index (χ4n) is 6.00. The third kappa shape index (κ3) is 35.3. The van der Waals surface area contributed by atoms with Crippen molar-refractivity contribution >= 4 is 26.1 Å². The number of nitrogens with zero attached hydrogens (tertiary/aromatic N) is 5. The zero-order valence-electron chi connectivity index (χ0n) is 41.2. The van der Waals surface area contributed by atoms with Gasteiger partial charge in [-0.05, 0) is 73.1 Å². The molecule has 0 fully saturated rings. The largest absolute Gasteiger partial charge is 0.471 e. The molecular formula is C45H74F6N7O11P. The first kappa shape index (κ1) is 68.3. The van der Waals surface area contributed by atoms with Crippen molar-refractivity contribution in [3.05, 3.63) is 34.3 Å². The Balaban J connectivity index is 0. The number of rotatable bonds is 41. The molecule has 0 aliphatic rings. The summed E-state index contributed by atoms with van der Waals surface area (Å²) in [7, 11) is -1.73. The summed E-state index contributed by atoms with van der Waals surface area (Å²) in [6.45, 7) is 31.2. The van der Waals surface area contributed by atoms with Crippen LogP contribution in [0.3, 0.4) is 0 Å². The van der Waals surface area contributed by atoms with Gasteiger partial charge < -0.3 is 67.8 Å². The van der Waals surface area contributed by atoms with Crippen molar-refractivity contribution in [3.8, 4) is 6.07 Å². The minimum atomic E-state index is -5.02. The van der Waals surface area contributed by atoms with Crippen LogP contribution in [0.4, 0.5) is 26.3 Å². The van der Waals surface area contributed by atoms with Gasteiger partial charge in [-0.2, -0.15) is 31.6 Å². The van der Waals surface area contributed by atoms with E-state index in [1.54, 1.807) is 10.6 Å². The molecule has 0 aromatic heterocycles. The number of Topliss-reactive ketones (excluding diaryl/α,β-unsaturated/α-hetero) is 1. The monoisotopic (exact) mass is 1030 g/mol. The highest BCUT2D eigenvalue weighted by atomic mass is 31.2. The Labute approximate surface area is 411 Å². The number of aliphatic hydroxyl groups excluding tert-OH is 1. The summed E-state index contributed by atoms with van der Waals surface area (Å²) < 4.78 is 118. The van der Waals surface area contributed by atoms with Crippen molar-refractivity contribution < 1.29 is 78.6 Å². The molecule has 0 saturated carbocycles. The molecule has 0 rings (SSSR count). The molecule has 70 heavy (non-hydrogen) atoms. The minimum Gasteiger partial charge on any atom is -0.396 e. The summed E-state index contributed by atoms with van der Waals surface area (Å²) in [6.07, 6.45) is -5.99. The van der Waals surface area contributed by atoms with Gasteiger partial charge in [0.25, 0.3) is 8.53 Å². The summed E-state index contributed by atoms with van der Waals surface area (Å²) >= 11 is 0. The number of unbranched alkanes of at least 4 members (excludes halogenated alkanes) is 2. The first-order valence-electron chi connectivity index (χ1n) is 23.0. The van der Waals surface area contributed by atoms with Crippen LogP contribution in [0.2, 0.25) is 0 Å². The fourth-order valence-corrected chi connectivity index (χ4v) is 7.72. The van der Waals surface area contributed by atoms with Gasteiger partial charge in [0.2, 0.25) is 19.6 Å². The van der Waals surface area contributed by atoms with Crippen LogP contribution in [0.15, 0.2) is 0 Å². The molecule has 402 valence electrons. The number of hydrogen-bond acceptors (Lipinski definition) is 13. The molecule has 0 bridgehead atoms. The number of nitrogens with one attached hydrogen (secondary N) is 2. The van der Waals surface area contributed by atoms with E-state index in [9.17, 15) is 45.8 Å². The second-order valence-corrected chi connectivity index (χ2v) is 18.2. The van der Waals surface area contributed by atoms with Crippen LogP contribution in [0.25, 0.3) is 14.5 Å². The van der Waals surface area contributed by atoms with Crippen molar-refractivity contribution in [2.45, 2.75) is 117 Å². The molecule has 0 heterocycles. The van der Waals surface area contributed by atoms with Gasteiger partial charge >= 0.3 is 24.2 Å². The molecule has 3 N–H and O–H groups in total. The van der Waals surface area contributed by atoms with Crippen molar-refractivity contribution in [3.63, 3.8) is 0 Å². The number of nitriles is 1. The average molecular weight is 1030 g/mol. The van der Waals surface area contributed by atoms with Crippen molar-refractivity contribution in [1.82, 2.24) is 15.3 Å². The summed E-state index contributed by atoms with van der Waals surface area (Å²) in [6, 6.07) is 1.97. The zero-order chi connectivity index (χ0) is 53.3. The van der Waals surface area contributed by atoms with E-state index < -0.39 is 43.5 Å². The van der Waals surface area contributed by atoms with Gasteiger partial charge in [0.15, 0.2) is 0 Å². The number of carbonyl (C=O) groups is 3. The molecule has 1 unspecified atom stereocenters. The van der Waals surface area contributed by atoms with Crippen LogP contribution in [0.5, 0.6) is 0 Å². The van der Waals surface area contributed by atoms with Crippen molar-refractivity contribution in [2.75, 3.05) is 119 Å². The molecule has 1 atom stereocenters. The molecule has 2 amide bonds. The molecule has 0 aromatic carbocycles. The van der Waals surface area contributed by atoms with Gasteiger partial charge in [-0.1, -0.05) is 0 Å². The van der Waals surface area contributed by atoms with Crippen LogP contribution >= 0.6 is 8.53 Å². The van der Waals surface area contributed by atoms with Gasteiger partial charge in [0.1, 0.15) is 19.0 Å². The number of hydrogen-bond donors (Lipinski definition) is 3. The Bertz CT molecular complexity index is 1490. The second kappa shape index (κ2) is 40.8. The van der Waals surface area contributed by atoms with E-state index in [0.29, 0.717) is 71.7 Å². The normalized spacial score (nSPS) is 12.4.